The summed E-state index contributed by atoms with van der Waals surface area (Å²) < 4.78 is 1.26. The van der Waals surface area contributed by atoms with Crippen molar-refractivity contribution in [1.82, 2.24) is 0 Å². The first-order valence-electron chi connectivity index (χ1n) is 5.16. The van der Waals surface area contributed by atoms with Gasteiger partial charge in [-0.25, -0.2) is 0 Å². The van der Waals surface area contributed by atoms with Gasteiger partial charge in [-0.15, -0.1) is 11.3 Å². The van der Waals surface area contributed by atoms with Crippen LogP contribution in [0.2, 0.25) is 0 Å². The van der Waals surface area contributed by atoms with E-state index in [-0.39, 0.29) is 0 Å². The number of nitriles is 1. The van der Waals surface area contributed by atoms with Gasteiger partial charge in [0.15, 0.2) is 0 Å². The molecule has 4 heteroatoms. The minimum Gasteiger partial charge on any atom is -0.380 e. The number of nitrogens with zero attached hydrogens (tertiary/aromatic N) is 1. The van der Waals surface area contributed by atoms with E-state index in [0.29, 0.717) is 0 Å². The van der Waals surface area contributed by atoms with E-state index >= 15 is 0 Å². The lowest BCUT2D eigenvalue weighted by Gasteiger charge is -2.06. The summed E-state index contributed by atoms with van der Waals surface area (Å²) in [5.41, 5.74) is 3.15. The third kappa shape index (κ3) is 3.20. The lowest BCUT2D eigenvalue weighted by molar-refractivity contribution is 1.19. The van der Waals surface area contributed by atoms with Crippen LogP contribution < -0.4 is 5.32 Å². The molecule has 17 heavy (non-hydrogen) atoms. The van der Waals surface area contributed by atoms with Gasteiger partial charge in [0, 0.05) is 26.1 Å². The highest BCUT2D eigenvalue weighted by molar-refractivity contribution is 14.1. The van der Waals surface area contributed by atoms with Gasteiger partial charge in [0.25, 0.3) is 0 Å². The Morgan fingerprint density at radius 2 is 2.24 bits per heavy atom. The van der Waals surface area contributed by atoms with Crippen LogP contribution >= 0.6 is 33.9 Å². The smallest absolute Gasteiger partial charge is 0.100 e. The van der Waals surface area contributed by atoms with Crippen molar-refractivity contribution in [2.45, 2.75) is 13.5 Å². The molecule has 2 rings (SSSR count). The van der Waals surface area contributed by atoms with Crippen LogP contribution in [-0.4, -0.2) is 0 Å². The Bertz CT molecular complexity index is 569. The Labute approximate surface area is 118 Å². The van der Waals surface area contributed by atoms with Gasteiger partial charge in [-0.3, -0.25) is 0 Å². The molecule has 0 atom stereocenters. The van der Waals surface area contributed by atoms with Crippen molar-refractivity contribution < 1.29 is 0 Å². The average Bonchev–Trinajstić information content (AvgIpc) is 2.79. The Hall–Kier alpha value is -1.06. The fraction of sp³-hybridized carbons (Fsp3) is 0.154. The minimum atomic E-state index is 0.741. The number of anilines is 1. The minimum absolute atomic E-state index is 0.741. The molecule has 0 aliphatic rings. The van der Waals surface area contributed by atoms with Crippen LogP contribution in [0.3, 0.4) is 0 Å². The van der Waals surface area contributed by atoms with E-state index < -0.39 is 0 Å². The summed E-state index contributed by atoms with van der Waals surface area (Å²) in [5, 5.41) is 14.0. The zero-order valence-electron chi connectivity index (χ0n) is 9.33. The summed E-state index contributed by atoms with van der Waals surface area (Å²) in [7, 11) is 0. The molecule has 0 fully saturated rings. The second-order valence-corrected chi connectivity index (χ2v) is 5.89. The molecule has 2 nitrogen and oxygen atoms in total. The van der Waals surface area contributed by atoms with Gasteiger partial charge < -0.3 is 5.32 Å². The summed E-state index contributed by atoms with van der Waals surface area (Å²) in [4.78, 5) is 1.18. The van der Waals surface area contributed by atoms with Gasteiger partial charge in [0.05, 0.1) is 5.56 Å². The first-order chi connectivity index (χ1) is 8.19. The van der Waals surface area contributed by atoms with E-state index in [1.807, 2.05) is 11.4 Å². The Balaban J connectivity index is 2.02. The van der Waals surface area contributed by atoms with Crippen LogP contribution in [0.4, 0.5) is 5.69 Å². The van der Waals surface area contributed by atoms with Gasteiger partial charge in [0.2, 0.25) is 0 Å². The lowest BCUT2D eigenvalue weighted by atomic mass is 10.2. The largest absolute Gasteiger partial charge is 0.380 e. The second kappa shape index (κ2) is 5.52. The van der Waals surface area contributed by atoms with Crippen molar-refractivity contribution in [1.29, 1.82) is 5.26 Å². The summed E-state index contributed by atoms with van der Waals surface area (Å²) in [6, 6.07) is 10.4. The number of aryl methyl sites for hydroxylation is 1. The molecule has 1 heterocycles. The number of thiophene rings is 1. The van der Waals surface area contributed by atoms with Gasteiger partial charge in [0.1, 0.15) is 6.07 Å². The van der Waals surface area contributed by atoms with E-state index in [1.54, 1.807) is 11.3 Å². The molecule has 0 aliphatic carbocycles. The van der Waals surface area contributed by atoms with E-state index in [9.17, 15) is 0 Å². The van der Waals surface area contributed by atoms with Crippen LogP contribution in [-0.2, 0) is 6.54 Å². The van der Waals surface area contributed by atoms with Gasteiger partial charge >= 0.3 is 0 Å². The number of benzene rings is 1. The highest BCUT2D eigenvalue weighted by atomic mass is 127. The lowest BCUT2D eigenvalue weighted by Crippen LogP contribution is -1.97. The molecule has 86 valence electrons. The van der Waals surface area contributed by atoms with E-state index in [4.69, 9.17) is 5.26 Å². The number of rotatable bonds is 3. The molecular formula is C13H11IN2S. The predicted octanol–water partition coefficient (Wildman–Crippen LogP) is 4.14. The summed E-state index contributed by atoms with van der Waals surface area (Å²) in [6.07, 6.45) is 0. The second-order valence-electron chi connectivity index (χ2n) is 3.73. The fourth-order valence-corrected chi connectivity index (χ4v) is 2.69. The van der Waals surface area contributed by atoms with Crippen LogP contribution in [0.5, 0.6) is 0 Å². The molecule has 0 saturated heterocycles. The van der Waals surface area contributed by atoms with Gasteiger partial charge in [-0.05, 0) is 53.3 Å². The Kier molecular flexibility index (Phi) is 4.02. The molecule has 0 aliphatic heterocycles. The SMILES string of the molecule is Cc1ccc(NCc2cc(C#N)cs2)cc1I. The van der Waals surface area contributed by atoms with E-state index in [1.165, 1.54) is 14.0 Å². The van der Waals surface area contributed by atoms with Crippen molar-refractivity contribution in [2.75, 3.05) is 5.32 Å². The van der Waals surface area contributed by atoms with Crippen LogP contribution in [0.1, 0.15) is 16.0 Å². The predicted molar refractivity (Wildman–Crippen MR) is 80.3 cm³/mol. The monoisotopic (exact) mass is 354 g/mol. The molecule has 0 unspecified atom stereocenters. The highest BCUT2D eigenvalue weighted by Crippen LogP contribution is 2.19. The quantitative estimate of drug-likeness (QED) is 0.841. The molecule has 0 radical (unpaired) electrons. The molecule has 2 aromatic rings. The zero-order valence-corrected chi connectivity index (χ0v) is 12.3. The standard InChI is InChI=1S/C13H11IN2S/c1-9-2-3-11(5-13(9)14)16-7-12-4-10(6-15)8-17-12/h2-5,8,16H,7H2,1H3. The van der Waals surface area contributed by atoms with Crippen LogP contribution in [0, 0.1) is 21.8 Å². The number of hydrogen-bond donors (Lipinski definition) is 1. The fourth-order valence-electron chi connectivity index (χ4n) is 1.42. The van der Waals surface area contributed by atoms with Crippen molar-refractivity contribution in [3.63, 3.8) is 0 Å². The third-order valence-corrected chi connectivity index (χ3v) is 4.52. The molecule has 1 aromatic carbocycles. The molecule has 1 N–H and O–H groups in total. The maximum Gasteiger partial charge on any atom is 0.100 e. The normalized spacial score (nSPS) is 9.94. The average molecular weight is 354 g/mol. The summed E-state index contributed by atoms with van der Waals surface area (Å²) in [6.45, 7) is 2.87. The van der Waals surface area contributed by atoms with Crippen molar-refractivity contribution >= 4 is 39.6 Å². The van der Waals surface area contributed by atoms with Crippen molar-refractivity contribution in [3.05, 3.63) is 49.2 Å². The maximum atomic E-state index is 8.74. The van der Waals surface area contributed by atoms with E-state index in [2.05, 4.69) is 59.1 Å². The summed E-state index contributed by atoms with van der Waals surface area (Å²) in [5.74, 6) is 0. The van der Waals surface area contributed by atoms with Crippen molar-refractivity contribution in [2.24, 2.45) is 0 Å². The van der Waals surface area contributed by atoms with E-state index in [0.717, 1.165) is 17.8 Å². The first-order valence-corrected chi connectivity index (χ1v) is 7.12. The molecule has 0 amide bonds. The third-order valence-electron chi connectivity index (χ3n) is 2.42. The molecule has 0 bridgehead atoms. The molecule has 1 aromatic heterocycles. The molecule has 0 saturated carbocycles. The van der Waals surface area contributed by atoms with Gasteiger partial charge in [-0.2, -0.15) is 5.26 Å². The van der Waals surface area contributed by atoms with Gasteiger partial charge in [-0.1, -0.05) is 6.07 Å². The van der Waals surface area contributed by atoms with Crippen LogP contribution in [0.15, 0.2) is 29.6 Å². The maximum absolute atomic E-state index is 8.74. The first kappa shape index (κ1) is 12.4. The highest BCUT2D eigenvalue weighted by Gasteiger charge is 2.00. The molecule has 0 spiro atoms. The Morgan fingerprint density at radius 1 is 1.41 bits per heavy atom. The van der Waals surface area contributed by atoms with Crippen molar-refractivity contribution in [3.8, 4) is 6.07 Å². The number of nitrogens with one attached hydrogen (secondary N) is 1. The number of halogens is 1. The summed E-state index contributed by atoms with van der Waals surface area (Å²) >= 11 is 3.95. The topological polar surface area (TPSA) is 35.8 Å². The molecular weight excluding hydrogens is 343 g/mol. The number of hydrogen-bond acceptors (Lipinski definition) is 3. The van der Waals surface area contributed by atoms with Crippen LogP contribution in [0.25, 0.3) is 0 Å². The zero-order chi connectivity index (χ0) is 12.3. The Morgan fingerprint density at radius 3 is 2.88 bits per heavy atom.